The summed E-state index contributed by atoms with van der Waals surface area (Å²) in [5, 5.41) is 2.82. The molecule has 0 fully saturated rings. The van der Waals surface area contributed by atoms with Gasteiger partial charge in [0.05, 0.1) is 5.69 Å². The lowest BCUT2D eigenvalue weighted by atomic mass is 10.1. The van der Waals surface area contributed by atoms with Gasteiger partial charge in [-0.2, -0.15) is 0 Å². The molecule has 0 spiro atoms. The Kier molecular flexibility index (Phi) is 4.27. The number of fused-ring (bicyclic) bond motifs is 1. The summed E-state index contributed by atoms with van der Waals surface area (Å²) in [6.45, 7) is 6.63. The summed E-state index contributed by atoms with van der Waals surface area (Å²) in [7, 11) is 0. The summed E-state index contributed by atoms with van der Waals surface area (Å²) in [6, 6.07) is 5.60. The van der Waals surface area contributed by atoms with Gasteiger partial charge in [-0.1, -0.05) is 19.9 Å². The predicted molar refractivity (Wildman–Crippen MR) is 76.9 cm³/mol. The number of ether oxygens (including phenoxy) is 1. The molecular formula is C15H20N2O3. The van der Waals surface area contributed by atoms with E-state index < -0.39 is 0 Å². The Morgan fingerprint density at radius 2 is 2.20 bits per heavy atom. The molecule has 0 saturated carbocycles. The SMILES string of the molecule is Cc1ccc2c(c1)OCC(=O)N2CC(=O)NCC(C)C. The molecule has 5 heteroatoms. The van der Waals surface area contributed by atoms with Crippen molar-refractivity contribution in [1.29, 1.82) is 0 Å². The van der Waals surface area contributed by atoms with E-state index >= 15 is 0 Å². The molecule has 1 N–H and O–H groups in total. The zero-order valence-corrected chi connectivity index (χ0v) is 12.1. The summed E-state index contributed by atoms with van der Waals surface area (Å²) < 4.78 is 5.40. The van der Waals surface area contributed by atoms with E-state index in [0.717, 1.165) is 5.56 Å². The van der Waals surface area contributed by atoms with Crippen molar-refractivity contribution in [2.45, 2.75) is 20.8 Å². The van der Waals surface area contributed by atoms with Crippen molar-refractivity contribution in [2.75, 3.05) is 24.6 Å². The molecule has 0 bridgehead atoms. The molecule has 0 radical (unpaired) electrons. The summed E-state index contributed by atoms with van der Waals surface area (Å²) >= 11 is 0. The maximum absolute atomic E-state index is 11.9. The normalized spacial score (nSPS) is 14.0. The van der Waals surface area contributed by atoms with E-state index in [1.54, 1.807) is 0 Å². The highest BCUT2D eigenvalue weighted by Gasteiger charge is 2.27. The van der Waals surface area contributed by atoms with Gasteiger partial charge in [-0.15, -0.1) is 0 Å². The van der Waals surface area contributed by atoms with Crippen LogP contribution in [0.2, 0.25) is 0 Å². The fraction of sp³-hybridized carbons (Fsp3) is 0.467. The Bertz CT molecular complexity index is 526. The van der Waals surface area contributed by atoms with Crippen LogP contribution in [0.3, 0.4) is 0 Å². The average molecular weight is 276 g/mol. The molecule has 1 aliphatic heterocycles. The number of nitrogens with one attached hydrogen (secondary N) is 1. The Hall–Kier alpha value is -2.04. The second-order valence-electron chi connectivity index (χ2n) is 5.44. The third kappa shape index (κ3) is 3.29. The number of nitrogens with zero attached hydrogens (tertiary/aromatic N) is 1. The summed E-state index contributed by atoms with van der Waals surface area (Å²) in [6.07, 6.45) is 0. The van der Waals surface area contributed by atoms with Crippen LogP contribution in [0.5, 0.6) is 5.75 Å². The van der Waals surface area contributed by atoms with Crippen LogP contribution in [0.1, 0.15) is 19.4 Å². The fourth-order valence-electron chi connectivity index (χ4n) is 2.00. The lowest BCUT2D eigenvalue weighted by Crippen LogP contribution is -2.45. The molecule has 2 amide bonds. The van der Waals surface area contributed by atoms with Crippen molar-refractivity contribution >= 4 is 17.5 Å². The largest absolute Gasteiger partial charge is 0.482 e. The first-order chi connectivity index (χ1) is 9.47. The average Bonchev–Trinajstić information content (AvgIpc) is 2.39. The van der Waals surface area contributed by atoms with Crippen molar-refractivity contribution in [3.05, 3.63) is 23.8 Å². The van der Waals surface area contributed by atoms with Crippen molar-refractivity contribution in [1.82, 2.24) is 5.32 Å². The Morgan fingerprint density at radius 1 is 1.45 bits per heavy atom. The molecule has 1 aromatic carbocycles. The Morgan fingerprint density at radius 3 is 2.90 bits per heavy atom. The molecule has 108 valence electrons. The van der Waals surface area contributed by atoms with E-state index in [-0.39, 0.29) is 25.0 Å². The number of aryl methyl sites for hydroxylation is 1. The quantitative estimate of drug-likeness (QED) is 0.906. The Labute approximate surface area is 118 Å². The molecule has 0 atom stereocenters. The summed E-state index contributed by atoms with van der Waals surface area (Å²) in [5.41, 5.74) is 1.72. The monoisotopic (exact) mass is 276 g/mol. The maximum atomic E-state index is 11.9. The van der Waals surface area contributed by atoms with Crippen LogP contribution in [0.25, 0.3) is 0 Å². The van der Waals surface area contributed by atoms with E-state index in [1.165, 1.54) is 4.90 Å². The molecule has 0 saturated heterocycles. The van der Waals surface area contributed by atoms with Crippen molar-refractivity contribution in [3.8, 4) is 5.75 Å². The minimum atomic E-state index is -0.193. The van der Waals surface area contributed by atoms with Gasteiger partial charge in [0.1, 0.15) is 12.3 Å². The highest BCUT2D eigenvalue weighted by molar-refractivity contribution is 6.02. The minimum Gasteiger partial charge on any atom is -0.482 e. The first-order valence-corrected chi connectivity index (χ1v) is 6.78. The van der Waals surface area contributed by atoms with E-state index in [9.17, 15) is 9.59 Å². The zero-order valence-electron chi connectivity index (χ0n) is 12.1. The van der Waals surface area contributed by atoms with Gasteiger partial charge in [0.2, 0.25) is 5.91 Å². The van der Waals surface area contributed by atoms with E-state index in [2.05, 4.69) is 5.32 Å². The lowest BCUT2D eigenvalue weighted by Gasteiger charge is -2.29. The smallest absolute Gasteiger partial charge is 0.265 e. The number of carbonyl (C=O) groups excluding carboxylic acids is 2. The van der Waals surface area contributed by atoms with Gasteiger partial charge in [0.15, 0.2) is 6.61 Å². The highest BCUT2D eigenvalue weighted by atomic mass is 16.5. The number of anilines is 1. The number of rotatable bonds is 4. The Balaban J connectivity index is 2.11. The van der Waals surface area contributed by atoms with Crippen LogP contribution < -0.4 is 15.0 Å². The van der Waals surface area contributed by atoms with Crippen LogP contribution in [-0.2, 0) is 9.59 Å². The van der Waals surface area contributed by atoms with Crippen molar-refractivity contribution in [3.63, 3.8) is 0 Å². The summed E-state index contributed by atoms with van der Waals surface area (Å²) in [5.74, 6) is 0.692. The lowest BCUT2D eigenvalue weighted by molar-refractivity contribution is -0.125. The molecule has 0 aromatic heterocycles. The van der Waals surface area contributed by atoms with Gasteiger partial charge in [0, 0.05) is 6.54 Å². The van der Waals surface area contributed by atoms with Crippen LogP contribution in [-0.4, -0.2) is 31.5 Å². The van der Waals surface area contributed by atoms with Gasteiger partial charge in [-0.05, 0) is 30.5 Å². The predicted octanol–water partition coefficient (Wildman–Crippen LogP) is 1.49. The second kappa shape index (κ2) is 5.94. The molecule has 1 aromatic rings. The van der Waals surface area contributed by atoms with Crippen LogP contribution in [0.15, 0.2) is 18.2 Å². The first-order valence-electron chi connectivity index (χ1n) is 6.78. The molecule has 0 unspecified atom stereocenters. The van der Waals surface area contributed by atoms with E-state index in [0.29, 0.717) is 23.9 Å². The van der Waals surface area contributed by atoms with Gasteiger partial charge in [-0.3, -0.25) is 14.5 Å². The number of carbonyl (C=O) groups is 2. The molecule has 1 heterocycles. The minimum absolute atomic E-state index is 0.0199. The number of hydrogen-bond donors (Lipinski definition) is 1. The summed E-state index contributed by atoms with van der Waals surface area (Å²) in [4.78, 5) is 25.3. The number of benzene rings is 1. The maximum Gasteiger partial charge on any atom is 0.265 e. The van der Waals surface area contributed by atoms with Crippen molar-refractivity contribution in [2.24, 2.45) is 5.92 Å². The standard InChI is InChI=1S/C15H20N2O3/c1-10(2)7-16-14(18)8-17-12-5-4-11(3)6-13(12)20-9-15(17)19/h4-6,10H,7-9H2,1-3H3,(H,16,18). The van der Waals surface area contributed by atoms with Crippen LogP contribution >= 0.6 is 0 Å². The molecular weight excluding hydrogens is 256 g/mol. The molecule has 1 aliphatic rings. The van der Waals surface area contributed by atoms with Crippen molar-refractivity contribution < 1.29 is 14.3 Å². The third-order valence-corrected chi connectivity index (χ3v) is 3.07. The third-order valence-electron chi connectivity index (χ3n) is 3.07. The molecule has 5 nitrogen and oxygen atoms in total. The molecule has 0 aliphatic carbocycles. The zero-order chi connectivity index (χ0) is 14.7. The van der Waals surface area contributed by atoms with Gasteiger partial charge in [0.25, 0.3) is 5.91 Å². The first kappa shape index (κ1) is 14.4. The van der Waals surface area contributed by atoms with E-state index in [4.69, 9.17) is 4.74 Å². The second-order valence-corrected chi connectivity index (χ2v) is 5.44. The van der Waals surface area contributed by atoms with Crippen LogP contribution in [0, 0.1) is 12.8 Å². The van der Waals surface area contributed by atoms with Gasteiger partial charge < -0.3 is 10.1 Å². The van der Waals surface area contributed by atoms with Gasteiger partial charge in [-0.25, -0.2) is 0 Å². The van der Waals surface area contributed by atoms with Gasteiger partial charge >= 0.3 is 0 Å². The fourth-order valence-corrected chi connectivity index (χ4v) is 2.00. The molecule has 2 rings (SSSR count). The topological polar surface area (TPSA) is 58.6 Å². The van der Waals surface area contributed by atoms with Crippen LogP contribution in [0.4, 0.5) is 5.69 Å². The highest BCUT2D eigenvalue weighted by Crippen LogP contribution is 2.32. The number of amides is 2. The molecule has 20 heavy (non-hydrogen) atoms. The number of hydrogen-bond acceptors (Lipinski definition) is 3. The van der Waals surface area contributed by atoms with E-state index in [1.807, 2.05) is 39.0 Å².